The lowest BCUT2D eigenvalue weighted by atomic mass is 9.88. The molecule has 46 heavy (non-hydrogen) atoms. The highest BCUT2D eigenvalue weighted by Gasteiger charge is 2.39. The second-order valence-electron chi connectivity index (χ2n) is 14.5. The lowest BCUT2D eigenvalue weighted by molar-refractivity contribution is -0.896. The highest BCUT2D eigenvalue weighted by atomic mass is 79.9. The van der Waals surface area contributed by atoms with Crippen molar-refractivity contribution in [1.82, 2.24) is 9.47 Å². The first-order valence-corrected chi connectivity index (χ1v) is 16.3. The third-order valence-corrected chi connectivity index (χ3v) is 9.54. The molecule has 1 aromatic heterocycles. The standard InChI is InChI=1S/C36H50N4O4.2BrH/c1-7-29-27(22-44-35(29)43)20-28-21-38(25-37(28)4)18-10-8-9-11-19-40(5,6)24-36(2,3)23-39-33(41)30-16-12-14-26-15-13-17-31(32(26)30)34(39)42;;/h12-17,21,25,27,29H,7-11,18-20,22-24H2,1-6H3;2*1H/q+2;;/p-2/t27-,29-;;/m0../s1. The first-order chi connectivity index (χ1) is 20.9. The van der Waals surface area contributed by atoms with E-state index in [0.717, 1.165) is 60.6 Å². The van der Waals surface area contributed by atoms with Crippen LogP contribution in [0, 0.1) is 17.3 Å². The summed E-state index contributed by atoms with van der Waals surface area (Å²) < 4.78 is 10.6. The molecule has 1 saturated heterocycles. The zero-order valence-electron chi connectivity index (χ0n) is 28.2. The van der Waals surface area contributed by atoms with Gasteiger partial charge < -0.3 is 43.2 Å². The van der Waals surface area contributed by atoms with Gasteiger partial charge in [0.25, 0.3) is 11.8 Å². The van der Waals surface area contributed by atoms with Crippen molar-refractivity contribution in [1.29, 1.82) is 0 Å². The Morgan fingerprint density at radius 2 is 1.59 bits per heavy atom. The van der Waals surface area contributed by atoms with Crippen LogP contribution < -0.4 is 38.5 Å². The fourth-order valence-electron chi connectivity index (χ4n) is 7.63. The molecule has 2 amide bonds. The van der Waals surface area contributed by atoms with Crippen molar-refractivity contribution in [2.75, 3.05) is 40.3 Å². The van der Waals surface area contributed by atoms with Gasteiger partial charge in [0.2, 0.25) is 6.33 Å². The molecule has 0 saturated carbocycles. The van der Waals surface area contributed by atoms with E-state index in [1.165, 1.54) is 23.4 Å². The summed E-state index contributed by atoms with van der Waals surface area (Å²) in [5.41, 5.74) is 2.27. The number of nitrogens with zero attached hydrogens (tertiary/aromatic N) is 4. The predicted octanol–water partition coefficient (Wildman–Crippen LogP) is -0.825. The van der Waals surface area contributed by atoms with Gasteiger partial charge in [0, 0.05) is 40.8 Å². The normalized spacial score (nSPS) is 18.0. The number of imide groups is 1. The average Bonchev–Trinajstić information content (AvgIpc) is 3.51. The van der Waals surface area contributed by atoms with Crippen molar-refractivity contribution in [3.8, 4) is 0 Å². The van der Waals surface area contributed by atoms with Gasteiger partial charge in [-0.3, -0.25) is 19.3 Å². The Morgan fingerprint density at radius 1 is 0.957 bits per heavy atom. The number of halogens is 2. The number of imidazole rings is 1. The number of amides is 2. The summed E-state index contributed by atoms with van der Waals surface area (Å²) in [6.45, 7) is 10.2. The molecule has 0 bridgehead atoms. The van der Waals surface area contributed by atoms with Gasteiger partial charge in [-0.05, 0) is 49.6 Å². The Hall–Kier alpha value is -2.56. The average molecular weight is 763 g/mol. The molecule has 0 N–H and O–H groups in total. The van der Waals surface area contributed by atoms with Gasteiger partial charge in [-0.1, -0.05) is 45.0 Å². The maximum absolute atomic E-state index is 13.4. The van der Waals surface area contributed by atoms with Gasteiger partial charge in [0.15, 0.2) is 0 Å². The van der Waals surface area contributed by atoms with E-state index in [1.54, 1.807) is 0 Å². The second kappa shape index (κ2) is 15.6. The zero-order valence-corrected chi connectivity index (χ0v) is 31.4. The van der Waals surface area contributed by atoms with E-state index in [4.69, 9.17) is 4.74 Å². The largest absolute Gasteiger partial charge is 1.00 e. The number of hydrogen-bond acceptors (Lipinski definition) is 4. The topological polar surface area (TPSA) is 72.5 Å². The van der Waals surface area contributed by atoms with E-state index in [-0.39, 0.29) is 69.0 Å². The number of ether oxygens (including phenoxy) is 1. The Balaban J connectivity index is 0.00000288. The Kier molecular flexibility index (Phi) is 12.8. The monoisotopic (exact) mass is 760 g/mol. The number of carbonyl (C=O) groups is 3. The van der Waals surface area contributed by atoms with Crippen LogP contribution in [-0.2, 0) is 29.5 Å². The quantitative estimate of drug-likeness (QED) is 0.0709. The second-order valence-corrected chi connectivity index (χ2v) is 14.5. The van der Waals surface area contributed by atoms with Crippen LogP contribution in [0.3, 0.4) is 0 Å². The number of benzene rings is 2. The highest BCUT2D eigenvalue weighted by Crippen LogP contribution is 2.33. The van der Waals surface area contributed by atoms with E-state index in [9.17, 15) is 14.4 Å². The fourth-order valence-corrected chi connectivity index (χ4v) is 7.63. The maximum Gasteiger partial charge on any atom is 0.309 e. The van der Waals surface area contributed by atoms with Crippen LogP contribution >= 0.6 is 0 Å². The van der Waals surface area contributed by atoms with Gasteiger partial charge in [-0.2, -0.15) is 0 Å². The molecule has 2 aromatic carbocycles. The van der Waals surface area contributed by atoms with E-state index >= 15 is 0 Å². The van der Waals surface area contributed by atoms with Gasteiger partial charge in [0.1, 0.15) is 11.9 Å². The minimum atomic E-state index is -0.230. The molecule has 0 aliphatic carbocycles. The Labute approximate surface area is 295 Å². The van der Waals surface area contributed by atoms with Gasteiger partial charge in [0.05, 0.1) is 53.3 Å². The molecule has 3 heterocycles. The van der Waals surface area contributed by atoms with Crippen LogP contribution in [0.1, 0.15) is 79.3 Å². The maximum atomic E-state index is 13.4. The van der Waals surface area contributed by atoms with E-state index < -0.39 is 0 Å². The molecule has 1 fully saturated rings. The summed E-state index contributed by atoms with van der Waals surface area (Å²) in [6.07, 6.45) is 10.7. The van der Waals surface area contributed by atoms with E-state index in [1.807, 2.05) is 36.4 Å². The van der Waals surface area contributed by atoms with Gasteiger partial charge in [-0.15, -0.1) is 0 Å². The van der Waals surface area contributed by atoms with Gasteiger partial charge >= 0.3 is 5.97 Å². The lowest BCUT2D eigenvalue weighted by Crippen LogP contribution is -3.00. The summed E-state index contributed by atoms with van der Waals surface area (Å²) in [5, 5.41) is 1.72. The minimum Gasteiger partial charge on any atom is -1.00 e. The van der Waals surface area contributed by atoms with Crippen LogP contribution in [0.4, 0.5) is 0 Å². The van der Waals surface area contributed by atoms with Crippen molar-refractivity contribution in [2.24, 2.45) is 24.3 Å². The molecule has 8 nitrogen and oxygen atoms in total. The predicted molar refractivity (Wildman–Crippen MR) is 171 cm³/mol. The van der Waals surface area contributed by atoms with E-state index in [2.05, 4.69) is 63.6 Å². The van der Waals surface area contributed by atoms with Crippen LogP contribution in [0.2, 0.25) is 0 Å². The molecule has 2 aliphatic heterocycles. The number of unbranched alkanes of at least 4 members (excludes halogenated alkanes) is 3. The molecular weight excluding hydrogens is 712 g/mol. The molecule has 5 rings (SSSR count). The number of carbonyl (C=O) groups excluding carboxylic acids is 3. The molecule has 2 aliphatic rings. The summed E-state index contributed by atoms with van der Waals surface area (Å²) in [6, 6.07) is 11.4. The number of aromatic nitrogens is 2. The number of hydrogen-bond donors (Lipinski definition) is 0. The van der Waals surface area contributed by atoms with Crippen molar-refractivity contribution in [2.45, 2.75) is 65.8 Å². The third-order valence-electron chi connectivity index (χ3n) is 9.54. The molecule has 10 heteroatoms. The van der Waals surface area contributed by atoms with Crippen LogP contribution in [0.25, 0.3) is 10.8 Å². The molecule has 2 atom stereocenters. The van der Waals surface area contributed by atoms with Crippen LogP contribution in [0.15, 0.2) is 48.9 Å². The Bertz CT molecular complexity index is 1500. The summed E-state index contributed by atoms with van der Waals surface area (Å²) >= 11 is 0. The molecule has 3 aromatic rings. The summed E-state index contributed by atoms with van der Waals surface area (Å²) in [4.78, 5) is 40.3. The number of aryl methyl sites for hydroxylation is 2. The molecule has 0 radical (unpaired) electrons. The van der Waals surface area contributed by atoms with E-state index in [0.29, 0.717) is 24.3 Å². The van der Waals surface area contributed by atoms with Crippen molar-refractivity contribution < 1.29 is 62.1 Å². The lowest BCUT2D eigenvalue weighted by Gasteiger charge is -2.40. The van der Waals surface area contributed by atoms with Crippen LogP contribution in [-0.4, -0.2) is 72.1 Å². The first kappa shape index (κ1) is 37.9. The zero-order chi connectivity index (χ0) is 31.6. The molecule has 0 unspecified atom stereocenters. The van der Waals surface area contributed by atoms with Crippen molar-refractivity contribution >= 4 is 28.6 Å². The first-order valence-electron chi connectivity index (χ1n) is 16.3. The smallest absolute Gasteiger partial charge is 0.309 e. The molecular formula is C36H50Br2N4O4. The minimum absolute atomic E-state index is 0. The number of quaternary nitrogens is 1. The van der Waals surface area contributed by atoms with Crippen molar-refractivity contribution in [3.05, 3.63) is 65.7 Å². The summed E-state index contributed by atoms with van der Waals surface area (Å²) in [5.74, 6) is -0.119. The molecule has 252 valence electrons. The SMILES string of the molecule is CC[C@@H]1C(=O)OC[C@@H]1Cc1c[n+](CCCCCC[N+](C)(C)CC(C)(C)CN2C(=O)c3cccc4cccc(c34)C2=O)cn1C.[Br-].[Br-]. The Morgan fingerprint density at radius 3 is 2.22 bits per heavy atom. The fraction of sp³-hybridized carbons (Fsp3) is 0.556. The summed E-state index contributed by atoms with van der Waals surface area (Å²) in [7, 11) is 6.60. The number of rotatable bonds is 14. The third kappa shape index (κ3) is 8.47. The number of cyclic esters (lactones) is 1. The highest BCUT2D eigenvalue weighted by molar-refractivity contribution is 6.25. The van der Waals surface area contributed by atoms with Crippen LogP contribution in [0.5, 0.6) is 0 Å². The molecule has 0 spiro atoms. The van der Waals surface area contributed by atoms with Gasteiger partial charge in [-0.25, -0.2) is 9.13 Å². The van der Waals surface area contributed by atoms with Crippen molar-refractivity contribution in [3.63, 3.8) is 0 Å². The number of esters is 1.